The molecule has 3 fully saturated rings. The Bertz CT molecular complexity index is 723. The Morgan fingerprint density at radius 1 is 1.07 bits per heavy atom. The van der Waals surface area contributed by atoms with Gasteiger partial charge in [0.15, 0.2) is 5.96 Å². The third-order valence-corrected chi connectivity index (χ3v) is 6.95. The molecule has 3 aliphatic rings. The van der Waals surface area contributed by atoms with Crippen molar-refractivity contribution in [2.45, 2.75) is 64.5 Å². The lowest BCUT2D eigenvalue weighted by atomic mass is 9.73. The van der Waals surface area contributed by atoms with Crippen LogP contribution in [0.15, 0.2) is 29.3 Å². The van der Waals surface area contributed by atoms with Crippen LogP contribution < -0.4 is 5.32 Å². The van der Waals surface area contributed by atoms with Gasteiger partial charge in [0.05, 0.1) is 0 Å². The fraction of sp³-hybridized carbons (Fsp3) is 0.652. The number of aliphatic imine (C=N–C) groups is 1. The molecular formula is C23H34N4O. The fourth-order valence-electron chi connectivity index (χ4n) is 5.29. The lowest BCUT2D eigenvalue weighted by Crippen LogP contribution is -2.41. The number of nitrogens with zero attached hydrogens (tertiary/aromatic N) is 3. The lowest BCUT2D eigenvalue weighted by Gasteiger charge is -2.33. The van der Waals surface area contributed by atoms with E-state index in [4.69, 9.17) is 0 Å². The van der Waals surface area contributed by atoms with Crippen LogP contribution in [0.25, 0.3) is 0 Å². The molecule has 1 amide bonds. The monoisotopic (exact) mass is 382 g/mol. The van der Waals surface area contributed by atoms with Gasteiger partial charge in [0.25, 0.3) is 0 Å². The van der Waals surface area contributed by atoms with Crippen molar-refractivity contribution in [3.8, 4) is 0 Å². The molecule has 1 spiro atoms. The van der Waals surface area contributed by atoms with E-state index in [-0.39, 0.29) is 5.91 Å². The van der Waals surface area contributed by atoms with Gasteiger partial charge in [-0.15, -0.1) is 0 Å². The van der Waals surface area contributed by atoms with Gasteiger partial charge in [0.2, 0.25) is 5.91 Å². The minimum atomic E-state index is 0.286. The van der Waals surface area contributed by atoms with E-state index in [9.17, 15) is 4.79 Å². The molecule has 2 saturated heterocycles. The van der Waals surface area contributed by atoms with E-state index in [0.29, 0.717) is 11.8 Å². The van der Waals surface area contributed by atoms with Crippen LogP contribution in [0.5, 0.6) is 0 Å². The fourth-order valence-corrected chi connectivity index (χ4v) is 5.29. The predicted molar refractivity (Wildman–Crippen MR) is 113 cm³/mol. The molecule has 0 bridgehead atoms. The quantitative estimate of drug-likeness (QED) is 0.640. The predicted octanol–water partition coefficient (Wildman–Crippen LogP) is 3.54. The topological polar surface area (TPSA) is 47.9 Å². The average molecular weight is 383 g/mol. The van der Waals surface area contributed by atoms with Crippen LogP contribution in [0.3, 0.4) is 0 Å². The molecule has 5 heteroatoms. The molecule has 5 nitrogen and oxygen atoms in total. The van der Waals surface area contributed by atoms with Crippen LogP contribution in [0.4, 0.5) is 0 Å². The Morgan fingerprint density at radius 3 is 2.57 bits per heavy atom. The summed E-state index contributed by atoms with van der Waals surface area (Å²) in [5.74, 6) is 1.31. The summed E-state index contributed by atoms with van der Waals surface area (Å²) in [6.45, 7) is 4.63. The number of amides is 1. The standard InChI is InChI=1S/C23H34N4O/c1-24-22(27-15-13-23(18-27)11-5-2-6-12-23)25-16-19-8-3-4-9-20(19)17-26-14-7-10-21(26)28/h3-4,8-9H,2,5-7,10-18H2,1H3,(H,24,25). The van der Waals surface area contributed by atoms with Gasteiger partial charge >= 0.3 is 0 Å². The van der Waals surface area contributed by atoms with Gasteiger partial charge in [-0.3, -0.25) is 9.79 Å². The summed E-state index contributed by atoms with van der Waals surface area (Å²) >= 11 is 0. The molecule has 1 aromatic carbocycles. The first-order valence-electron chi connectivity index (χ1n) is 11.0. The van der Waals surface area contributed by atoms with E-state index in [1.165, 1.54) is 49.7 Å². The highest BCUT2D eigenvalue weighted by Gasteiger charge is 2.39. The van der Waals surface area contributed by atoms with E-state index in [1.54, 1.807) is 0 Å². The summed E-state index contributed by atoms with van der Waals surface area (Å²) in [4.78, 5) is 21.0. The molecule has 0 aromatic heterocycles. The van der Waals surface area contributed by atoms with E-state index in [1.807, 2.05) is 11.9 Å². The zero-order valence-corrected chi connectivity index (χ0v) is 17.3. The molecule has 0 atom stereocenters. The van der Waals surface area contributed by atoms with Gasteiger partial charge in [-0.05, 0) is 42.2 Å². The van der Waals surface area contributed by atoms with Gasteiger partial charge in [-0.25, -0.2) is 0 Å². The number of likely N-dealkylation sites (tertiary alicyclic amines) is 2. The maximum Gasteiger partial charge on any atom is 0.222 e. The van der Waals surface area contributed by atoms with Crippen molar-refractivity contribution in [3.05, 3.63) is 35.4 Å². The number of nitrogens with one attached hydrogen (secondary N) is 1. The Labute approximate surface area is 169 Å². The van der Waals surface area contributed by atoms with Crippen molar-refractivity contribution >= 4 is 11.9 Å². The SMILES string of the molecule is CN=C(NCc1ccccc1CN1CCCC1=O)N1CCC2(CCCCC2)C1. The number of hydrogen-bond donors (Lipinski definition) is 1. The summed E-state index contributed by atoms with van der Waals surface area (Å²) in [5.41, 5.74) is 3.03. The first-order chi connectivity index (χ1) is 13.7. The lowest BCUT2D eigenvalue weighted by molar-refractivity contribution is -0.128. The van der Waals surface area contributed by atoms with Crippen LogP contribution in [-0.4, -0.2) is 48.3 Å². The van der Waals surface area contributed by atoms with E-state index < -0.39 is 0 Å². The van der Waals surface area contributed by atoms with Crippen LogP contribution in [-0.2, 0) is 17.9 Å². The summed E-state index contributed by atoms with van der Waals surface area (Å²) in [5, 5.41) is 3.60. The van der Waals surface area contributed by atoms with Gasteiger partial charge in [0.1, 0.15) is 0 Å². The molecule has 0 radical (unpaired) electrons. The van der Waals surface area contributed by atoms with E-state index in [0.717, 1.165) is 45.1 Å². The highest BCUT2D eigenvalue weighted by Crippen LogP contribution is 2.43. The van der Waals surface area contributed by atoms with Gasteiger partial charge in [-0.1, -0.05) is 43.5 Å². The van der Waals surface area contributed by atoms with Gasteiger partial charge < -0.3 is 15.1 Å². The highest BCUT2D eigenvalue weighted by atomic mass is 16.2. The third kappa shape index (κ3) is 4.18. The number of carbonyl (C=O) groups excluding carboxylic acids is 1. The minimum Gasteiger partial charge on any atom is -0.352 e. The second kappa shape index (κ2) is 8.54. The number of guanidine groups is 1. The molecule has 28 heavy (non-hydrogen) atoms. The second-order valence-corrected chi connectivity index (χ2v) is 8.82. The smallest absolute Gasteiger partial charge is 0.222 e. The second-order valence-electron chi connectivity index (χ2n) is 8.82. The van der Waals surface area contributed by atoms with E-state index in [2.05, 4.69) is 39.5 Å². The largest absolute Gasteiger partial charge is 0.352 e. The van der Waals surface area contributed by atoms with Gasteiger partial charge in [-0.2, -0.15) is 0 Å². The Hall–Kier alpha value is -2.04. The van der Waals surface area contributed by atoms with Crippen molar-refractivity contribution in [3.63, 3.8) is 0 Å². The number of hydrogen-bond acceptors (Lipinski definition) is 2. The van der Waals surface area contributed by atoms with Crippen molar-refractivity contribution in [2.75, 3.05) is 26.7 Å². The first-order valence-corrected chi connectivity index (χ1v) is 11.0. The molecule has 1 aliphatic carbocycles. The molecule has 1 N–H and O–H groups in total. The van der Waals surface area contributed by atoms with Crippen LogP contribution in [0, 0.1) is 5.41 Å². The molecule has 152 valence electrons. The summed E-state index contributed by atoms with van der Waals surface area (Å²) in [6, 6.07) is 8.48. The third-order valence-electron chi connectivity index (χ3n) is 6.95. The zero-order valence-electron chi connectivity index (χ0n) is 17.3. The highest BCUT2D eigenvalue weighted by molar-refractivity contribution is 5.80. The number of rotatable bonds is 4. The van der Waals surface area contributed by atoms with E-state index >= 15 is 0 Å². The van der Waals surface area contributed by atoms with Gasteiger partial charge in [0, 0.05) is 46.2 Å². The number of benzene rings is 1. The average Bonchev–Trinajstić information content (AvgIpc) is 3.31. The van der Waals surface area contributed by atoms with Crippen LogP contribution in [0.2, 0.25) is 0 Å². The van der Waals surface area contributed by atoms with Crippen molar-refractivity contribution in [1.82, 2.24) is 15.1 Å². The Kier molecular flexibility index (Phi) is 5.88. The molecule has 1 aromatic rings. The summed E-state index contributed by atoms with van der Waals surface area (Å²) < 4.78 is 0. The summed E-state index contributed by atoms with van der Waals surface area (Å²) in [7, 11) is 1.89. The Balaban J connectivity index is 1.37. The maximum atomic E-state index is 12.0. The zero-order chi connectivity index (χ0) is 19.4. The molecule has 1 saturated carbocycles. The first kappa shape index (κ1) is 19.3. The van der Waals surface area contributed by atoms with Crippen molar-refractivity contribution in [2.24, 2.45) is 10.4 Å². The number of carbonyl (C=O) groups is 1. The van der Waals surface area contributed by atoms with Crippen LogP contribution in [0.1, 0.15) is 62.5 Å². The normalized spacial score (nSPS) is 22.3. The van der Waals surface area contributed by atoms with Crippen molar-refractivity contribution < 1.29 is 4.79 Å². The Morgan fingerprint density at radius 2 is 1.86 bits per heavy atom. The molecule has 4 rings (SSSR count). The molecular weight excluding hydrogens is 348 g/mol. The van der Waals surface area contributed by atoms with Crippen molar-refractivity contribution in [1.29, 1.82) is 0 Å². The summed E-state index contributed by atoms with van der Waals surface area (Å²) in [6.07, 6.45) is 9.95. The molecule has 0 unspecified atom stereocenters. The minimum absolute atomic E-state index is 0.286. The molecule has 2 aliphatic heterocycles. The maximum absolute atomic E-state index is 12.0. The van der Waals surface area contributed by atoms with Crippen LogP contribution >= 0.6 is 0 Å². The molecule has 2 heterocycles.